The van der Waals surface area contributed by atoms with Gasteiger partial charge in [0.15, 0.2) is 5.13 Å². The molecule has 168 valence electrons. The van der Waals surface area contributed by atoms with Gasteiger partial charge in [-0.2, -0.15) is 15.0 Å². The number of aromatic nitrogens is 4. The second kappa shape index (κ2) is 9.76. The Balaban J connectivity index is 1.45. The largest absolute Gasteiger partial charge is 0.396 e. The Kier molecular flexibility index (Phi) is 6.83. The lowest BCUT2D eigenvalue weighted by atomic mass is 9.98. The molecule has 3 heterocycles. The quantitative estimate of drug-likeness (QED) is 0.495. The Labute approximate surface area is 194 Å². The van der Waals surface area contributed by atoms with Gasteiger partial charge >= 0.3 is 0 Å². The monoisotopic (exact) mass is 473 g/mol. The van der Waals surface area contributed by atoms with Crippen LogP contribution in [0.1, 0.15) is 33.9 Å². The Bertz CT molecular complexity index is 1100. The highest BCUT2D eigenvalue weighted by atomic mass is 35.5. The summed E-state index contributed by atoms with van der Waals surface area (Å²) in [5.74, 6) is 1.61. The first-order valence-corrected chi connectivity index (χ1v) is 11.5. The molecule has 0 saturated carbocycles. The normalized spacial score (nSPS) is 14.4. The first-order chi connectivity index (χ1) is 15.4. The minimum Gasteiger partial charge on any atom is -0.396 e. The molecule has 0 aliphatic carbocycles. The van der Waals surface area contributed by atoms with Gasteiger partial charge < -0.3 is 15.3 Å². The van der Waals surface area contributed by atoms with Crippen LogP contribution in [0.5, 0.6) is 0 Å². The average Bonchev–Trinajstić information content (AvgIpc) is 3.24. The number of hydrogen-bond acceptors (Lipinski definition) is 9. The molecule has 1 saturated heterocycles. The van der Waals surface area contributed by atoms with Crippen LogP contribution in [0.15, 0.2) is 24.4 Å². The number of para-hydroxylation sites is 1. The standard InChI is InChI=1S/C21H24ClN7O2S/c1-12-4-3-5-15(22)17(12)26-18(31)16-10-23-21(32-16)28-19-24-13(2)25-20(27-19)29-8-6-14(11-30)7-9-29/h3-5,10,14,30H,6-9,11H2,1-2H3,(H,26,31)(H,23,24,25,27,28). The number of thiazole rings is 1. The van der Waals surface area contributed by atoms with Gasteiger partial charge in [0.05, 0.1) is 16.9 Å². The molecule has 32 heavy (non-hydrogen) atoms. The number of benzene rings is 1. The summed E-state index contributed by atoms with van der Waals surface area (Å²) >= 11 is 7.40. The zero-order valence-electron chi connectivity index (χ0n) is 17.8. The molecule has 0 bridgehead atoms. The van der Waals surface area contributed by atoms with E-state index in [0.29, 0.717) is 44.4 Å². The van der Waals surface area contributed by atoms with Gasteiger partial charge in [0.2, 0.25) is 11.9 Å². The summed E-state index contributed by atoms with van der Waals surface area (Å²) in [6, 6.07) is 5.45. The van der Waals surface area contributed by atoms with Crippen molar-refractivity contribution in [2.75, 3.05) is 35.2 Å². The SMILES string of the molecule is Cc1nc(Nc2ncc(C(=O)Nc3c(C)cccc3Cl)s2)nc(N2CCC(CO)CC2)n1. The van der Waals surface area contributed by atoms with E-state index in [2.05, 4.69) is 35.5 Å². The summed E-state index contributed by atoms with van der Waals surface area (Å²) in [6.45, 7) is 5.48. The lowest BCUT2D eigenvalue weighted by Crippen LogP contribution is -2.36. The molecule has 1 aliphatic rings. The van der Waals surface area contributed by atoms with Gasteiger partial charge in [0.1, 0.15) is 10.7 Å². The summed E-state index contributed by atoms with van der Waals surface area (Å²) in [5.41, 5.74) is 1.47. The van der Waals surface area contributed by atoms with Gasteiger partial charge in [-0.1, -0.05) is 35.1 Å². The topological polar surface area (TPSA) is 116 Å². The van der Waals surface area contributed by atoms with Crippen LogP contribution in [0.3, 0.4) is 0 Å². The number of carbonyl (C=O) groups excluding carboxylic acids is 1. The van der Waals surface area contributed by atoms with Crippen molar-refractivity contribution >= 4 is 51.6 Å². The number of hydrogen-bond donors (Lipinski definition) is 3. The van der Waals surface area contributed by atoms with Gasteiger partial charge in [-0.15, -0.1) is 0 Å². The van der Waals surface area contributed by atoms with Crippen LogP contribution in [-0.4, -0.2) is 50.6 Å². The maximum absolute atomic E-state index is 12.7. The third-order valence-electron chi connectivity index (χ3n) is 5.30. The van der Waals surface area contributed by atoms with Crippen LogP contribution in [-0.2, 0) is 0 Å². The Morgan fingerprint density at radius 3 is 2.75 bits per heavy atom. The lowest BCUT2D eigenvalue weighted by Gasteiger charge is -2.31. The van der Waals surface area contributed by atoms with E-state index >= 15 is 0 Å². The fourth-order valence-electron chi connectivity index (χ4n) is 3.48. The number of anilines is 4. The zero-order chi connectivity index (χ0) is 22.7. The van der Waals surface area contributed by atoms with Gasteiger partial charge in [-0.3, -0.25) is 10.1 Å². The van der Waals surface area contributed by atoms with Crippen molar-refractivity contribution in [1.29, 1.82) is 0 Å². The molecule has 0 unspecified atom stereocenters. The fraction of sp³-hybridized carbons (Fsp3) is 0.381. The van der Waals surface area contributed by atoms with Crippen molar-refractivity contribution in [3.8, 4) is 0 Å². The molecule has 0 radical (unpaired) electrons. The number of nitrogens with one attached hydrogen (secondary N) is 2. The van der Waals surface area contributed by atoms with E-state index in [0.717, 1.165) is 31.5 Å². The molecule has 3 aromatic rings. The predicted molar refractivity (Wildman–Crippen MR) is 126 cm³/mol. The van der Waals surface area contributed by atoms with Crippen molar-refractivity contribution in [2.45, 2.75) is 26.7 Å². The van der Waals surface area contributed by atoms with Crippen LogP contribution >= 0.6 is 22.9 Å². The Morgan fingerprint density at radius 2 is 2.03 bits per heavy atom. The number of piperidine rings is 1. The van der Waals surface area contributed by atoms with Crippen LogP contribution < -0.4 is 15.5 Å². The van der Waals surface area contributed by atoms with Crippen molar-refractivity contribution in [2.24, 2.45) is 5.92 Å². The summed E-state index contributed by atoms with van der Waals surface area (Å²) in [4.78, 5) is 32.8. The van der Waals surface area contributed by atoms with Gasteiger partial charge in [0, 0.05) is 19.7 Å². The molecule has 1 amide bonds. The summed E-state index contributed by atoms with van der Waals surface area (Å²) in [6.07, 6.45) is 3.31. The second-order valence-electron chi connectivity index (χ2n) is 7.66. The second-order valence-corrected chi connectivity index (χ2v) is 9.10. The average molecular weight is 474 g/mol. The van der Waals surface area contributed by atoms with E-state index in [-0.39, 0.29) is 12.5 Å². The van der Waals surface area contributed by atoms with Crippen molar-refractivity contribution in [3.05, 3.63) is 45.7 Å². The van der Waals surface area contributed by atoms with E-state index in [9.17, 15) is 9.90 Å². The number of aryl methyl sites for hydroxylation is 2. The van der Waals surface area contributed by atoms with Crippen LogP contribution in [0.2, 0.25) is 5.02 Å². The molecule has 0 spiro atoms. The predicted octanol–water partition coefficient (Wildman–Crippen LogP) is 3.80. The maximum Gasteiger partial charge on any atom is 0.267 e. The fourth-order valence-corrected chi connectivity index (χ4v) is 4.45. The van der Waals surface area contributed by atoms with Crippen molar-refractivity contribution < 1.29 is 9.90 Å². The van der Waals surface area contributed by atoms with E-state index in [1.165, 1.54) is 17.5 Å². The molecule has 3 N–H and O–H groups in total. The van der Waals surface area contributed by atoms with Gasteiger partial charge in [0.25, 0.3) is 5.91 Å². The number of rotatable bonds is 6. The molecule has 2 aromatic heterocycles. The molecule has 4 rings (SSSR count). The van der Waals surface area contributed by atoms with Crippen LogP contribution in [0.25, 0.3) is 0 Å². The van der Waals surface area contributed by atoms with Crippen molar-refractivity contribution in [1.82, 2.24) is 19.9 Å². The number of amides is 1. The Morgan fingerprint density at radius 1 is 1.25 bits per heavy atom. The van der Waals surface area contributed by atoms with E-state index < -0.39 is 0 Å². The Hall–Kier alpha value is -2.82. The first-order valence-electron chi connectivity index (χ1n) is 10.3. The summed E-state index contributed by atoms with van der Waals surface area (Å²) in [7, 11) is 0. The third kappa shape index (κ3) is 5.14. The molecule has 0 atom stereocenters. The number of halogens is 1. The smallest absolute Gasteiger partial charge is 0.267 e. The minimum atomic E-state index is -0.286. The molecular weight excluding hydrogens is 450 g/mol. The third-order valence-corrected chi connectivity index (χ3v) is 6.53. The maximum atomic E-state index is 12.7. The van der Waals surface area contributed by atoms with Crippen LogP contribution in [0, 0.1) is 19.8 Å². The molecule has 9 nitrogen and oxygen atoms in total. The van der Waals surface area contributed by atoms with Gasteiger partial charge in [-0.25, -0.2) is 4.98 Å². The highest BCUT2D eigenvalue weighted by molar-refractivity contribution is 7.17. The van der Waals surface area contributed by atoms with E-state index in [1.807, 2.05) is 26.0 Å². The zero-order valence-corrected chi connectivity index (χ0v) is 19.4. The molecule has 1 fully saturated rings. The highest BCUT2D eigenvalue weighted by Gasteiger charge is 2.21. The summed E-state index contributed by atoms with van der Waals surface area (Å²) in [5, 5.41) is 16.3. The van der Waals surface area contributed by atoms with Crippen LogP contribution in [0.4, 0.5) is 22.7 Å². The molecule has 11 heteroatoms. The number of aliphatic hydroxyl groups excluding tert-OH is 1. The van der Waals surface area contributed by atoms with E-state index in [4.69, 9.17) is 11.6 Å². The molecule has 1 aliphatic heterocycles. The molecule has 1 aromatic carbocycles. The van der Waals surface area contributed by atoms with E-state index in [1.54, 1.807) is 6.07 Å². The van der Waals surface area contributed by atoms with Gasteiger partial charge in [-0.05, 0) is 44.2 Å². The lowest BCUT2D eigenvalue weighted by molar-refractivity contribution is 0.103. The minimum absolute atomic E-state index is 0.215. The highest BCUT2D eigenvalue weighted by Crippen LogP contribution is 2.28. The number of carbonyl (C=O) groups is 1. The first kappa shape index (κ1) is 22.4. The van der Waals surface area contributed by atoms with Crippen molar-refractivity contribution in [3.63, 3.8) is 0 Å². The summed E-state index contributed by atoms with van der Waals surface area (Å²) < 4.78 is 0. The number of aliphatic hydroxyl groups is 1. The molecular formula is C21H24ClN7O2S. The number of nitrogens with zero attached hydrogens (tertiary/aromatic N) is 5.